The minimum atomic E-state index is -3.86. The maximum atomic E-state index is 13.7. The molecule has 164 valence electrons. The van der Waals surface area contributed by atoms with Crippen LogP contribution >= 0.6 is 11.6 Å². The Hall–Kier alpha value is -2.19. The van der Waals surface area contributed by atoms with Gasteiger partial charge in [-0.3, -0.25) is 0 Å². The number of sulfonamides is 1. The Labute approximate surface area is 187 Å². The molecule has 0 spiro atoms. The zero-order valence-electron chi connectivity index (χ0n) is 17.1. The van der Waals surface area contributed by atoms with E-state index in [1.54, 1.807) is 18.3 Å². The third-order valence-electron chi connectivity index (χ3n) is 5.97. The van der Waals surface area contributed by atoms with Crippen molar-refractivity contribution >= 4 is 21.6 Å². The molecule has 0 aliphatic heterocycles. The summed E-state index contributed by atoms with van der Waals surface area (Å²) in [6.07, 6.45) is 7.17. The summed E-state index contributed by atoms with van der Waals surface area (Å²) in [5, 5.41) is 10.8. The monoisotopic (exact) mass is 460 g/mol. The van der Waals surface area contributed by atoms with E-state index in [0.29, 0.717) is 23.8 Å². The van der Waals surface area contributed by atoms with Crippen molar-refractivity contribution in [2.75, 3.05) is 6.61 Å². The van der Waals surface area contributed by atoms with Gasteiger partial charge in [0.15, 0.2) is 0 Å². The van der Waals surface area contributed by atoms with Gasteiger partial charge in [-0.05, 0) is 54.8 Å². The normalized spacial score (nSPS) is 16.5. The average molecular weight is 461 g/mol. The Morgan fingerprint density at radius 1 is 1.03 bits per heavy atom. The molecule has 0 amide bonds. The number of aliphatic hydroxyl groups is 1. The molecule has 31 heavy (non-hydrogen) atoms. The summed E-state index contributed by atoms with van der Waals surface area (Å²) in [4.78, 5) is 4.32. The molecule has 0 saturated heterocycles. The molecule has 1 N–H and O–H groups in total. The smallest absolute Gasteiger partial charge is 0.243 e. The van der Waals surface area contributed by atoms with E-state index >= 15 is 0 Å². The van der Waals surface area contributed by atoms with Crippen LogP contribution in [0.3, 0.4) is 0 Å². The van der Waals surface area contributed by atoms with E-state index in [4.69, 9.17) is 16.0 Å². The lowest BCUT2D eigenvalue weighted by molar-refractivity contribution is 0.0519. The van der Waals surface area contributed by atoms with Crippen molar-refractivity contribution in [3.05, 3.63) is 71.6 Å². The number of benzene rings is 2. The lowest BCUT2D eigenvalue weighted by atomic mass is 9.82. The van der Waals surface area contributed by atoms with E-state index in [9.17, 15) is 13.5 Å². The second kappa shape index (κ2) is 9.12. The molecule has 8 heteroatoms. The number of halogens is 1. The fraction of sp³-hybridized carbons (Fsp3) is 0.348. The minimum Gasteiger partial charge on any atom is -0.445 e. The van der Waals surface area contributed by atoms with Crippen molar-refractivity contribution in [2.24, 2.45) is 0 Å². The highest BCUT2D eigenvalue weighted by Crippen LogP contribution is 2.38. The van der Waals surface area contributed by atoms with Crippen LogP contribution in [0.25, 0.3) is 11.5 Å². The Balaban J connectivity index is 1.71. The average Bonchev–Trinajstić information content (AvgIpc) is 3.33. The maximum Gasteiger partial charge on any atom is 0.243 e. The highest BCUT2D eigenvalue weighted by Gasteiger charge is 2.44. The molecular weight excluding hydrogens is 436 g/mol. The molecule has 0 radical (unpaired) electrons. The van der Waals surface area contributed by atoms with Gasteiger partial charge in [0.1, 0.15) is 6.26 Å². The zero-order valence-corrected chi connectivity index (χ0v) is 18.6. The fourth-order valence-electron chi connectivity index (χ4n) is 4.22. The Morgan fingerprint density at radius 2 is 1.71 bits per heavy atom. The van der Waals surface area contributed by atoms with Crippen molar-refractivity contribution in [1.29, 1.82) is 0 Å². The molecule has 1 heterocycles. The predicted molar refractivity (Wildman–Crippen MR) is 119 cm³/mol. The summed E-state index contributed by atoms with van der Waals surface area (Å²) < 4.78 is 34.2. The number of oxazole rings is 1. The highest BCUT2D eigenvalue weighted by atomic mass is 35.5. The van der Waals surface area contributed by atoms with Crippen molar-refractivity contribution in [3.8, 4) is 11.5 Å². The van der Waals surface area contributed by atoms with E-state index in [2.05, 4.69) is 4.98 Å². The van der Waals surface area contributed by atoms with Gasteiger partial charge in [0.05, 0.1) is 23.2 Å². The van der Waals surface area contributed by atoms with Crippen LogP contribution in [0.5, 0.6) is 0 Å². The van der Waals surface area contributed by atoms with Crippen LogP contribution in [0.15, 0.2) is 70.3 Å². The largest absolute Gasteiger partial charge is 0.445 e. The van der Waals surface area contributed by atoms with E-state index in [-0.39, 0.29) is 18.0 Å². The van der Waals surface area contributed by atoms with Crippen molar-refractivity contribution < 1.29 is 17.9 Å². The van der Waals surface area contributed by atoms with Gasteiger partial charge in [-0.2, -0.15) is 4.31 Å². The maximum absolute atomic E-state index is 13.7. The molecule has 0 bridgehead atoms. The molecule has 1 saturated carbocycles. The first kappa shape index (κ1) is 22.0. The van der Waals surface area contributed by atoms with Gasteiger partial charge in [-0.25, -0.2) is 13.4 Å². The molecule has 1 aliphatic carbocycles. The van der Waals surface area contributed by atoms with Crippen LogP contribution in [-0.4, -0.2) is 35.0 Å². The SMILES string of the molecule is O=S(=O)(c1ccc(Cl)cc1)N(Cc1ccc(-c2ncco2)cc1)C1(CO)CCCCC1. The van der Waals surface area contributed by atoms with Crippen LogP contribution in [0.2, 0.25) is 5.02 Å². The van der Waals surface area contributed by atoms with Crippen LogP contribution in [-0.2, 0) is 16.6 Å². The molecular formula is C23H25ClN2O4S. The fourth-order valence-corrected chi connectivity index (χ4v) is 6.15. The van der Waals surface area contributed by atoms with Gasteiger partial charge in [0, 0.05) is 17.1 Å². The van der Waals surface area contributed by atoms with E-state index in [0.717, 1.165) is 30.4 Å². The number of aliphatic hydroxyl groups excluding tert-OH is 1. The molecule has 1 fully saturated rings. The lowest BCUT2D eigenvalue weighted by Crippen LogP contribution is -2.54. The predicted octanol–water partition coefficient (Wildman–Crippen LogP) is 4.88. The summed E-state index contributed by atoms with van der Waals surface area (Å²) in [5.74, 6) is 0.510. The molecule has 4 rings (SSSR count). The van der Waals surface area contributed by atoms with E-state index in [1.807, 2.05) is 24.3 Å². The van der Waals surface area contributed by atoms with Crippen molar-refractivity contribution in [2.45, 2.75) is 49.1 Å². The molecule has 1 aliphatic rings. The van der Waals surface area contributed by atoms with Crippen LogP contribution in [0.1, 0.15) is 37.7 Å². The number of nitrogens with zero attached hydrogens (tertiary/aromatic N) is 2. The molecule has 0 unspecified atom stereocenters. The van der Waals surface area contributed by atoms with Gasteiger partial charge >= 0.3 is 0 Å². The van der Waals surface area contributed by atoms with Crippen LogP contribution in [0, 0.1) is 0 Å². The topological polar surface area (TPSA) is 83.6 Å². The number of hydrogen-bond donors (Lipinski definition) is 1. The van der Waals surface area contributed by atoms with Crippen LogP contribution in [0.4, 0.5) is 0 Å². The summed E-state index contributed by atoms with van der Waals surface area (Å²) in [5.41, 5.74) is 0.819. The van der Waals surface area contributed by atoms with Crippen molar-refractivity contribution in [1.82, 2.24) is 9.29 Å². The van der Waals surface area contributed by atoms with E-state index in [1.165, 1.54) is 22.7 Å². The summed E-state index contributed by atoms with van der Waals surface area (Å²) >= 11 is 5.97. The molecule has 3 aromatic rings. The lowest BCUT2D eigenvalue weighted by Gasteiger charge is -2.44. The second-order valence-electron chi connectivity index (χ2n) is 7.94. The van der Waals surface area contributed by atoms with Gasteiger partial charge in [-0.15, -0.1) is 0 Å². The molecule has 0 atom stereocenters. The van der Waals surface area contributed by atoms with Gasteiger partial charge < -0.3 is 9.52 Å². The first-order valence-corrected chi connectivity index (χ1v) is 12.1. The Morgan fingerprint density at radius 3 is 2.29 bits per heavy atom. The number of aromatic nitrogens is 1. The van der Waals surface area contributed by atoms with Crippen molar-refractivity contribution in [3.63, 3.8) is 0 Å². The van der Waals surface area contributed by atoms with E-state index < -0.39 is 15.6 Å². The Kier molecular flexibility index (Phi) is 6.48. The number of hydrogen-bond acceptors (Lipinski definition) is 5. The minimum absolute atomic E-state index is 0.164. The first-order chi connectivity index (χ1) is 14.9. The van der Waals surface area contributed by atoms with Crippen LogP contribution < -0.4 is 0 Å². The first-order valence-electron chi connectivity index (χ1n) is 10.3. The summed E-state index contributed by atoms with van der Waals surface area (Å²) in [6, 6.07) is 13.7. The summed E-state index contributed by atoms with van der Waals surface area (Å²) in [7, 11) is -3.86. The molecule has 1 aromatic heterocycles. The van der Waals surface area contributed by atoms with Gasteiger partial charge in [0.2, 0.25) is 15.9 Å². The highest BCUT2D eigenvalue weighted by molar-refractivity contribution is 7.89. The third kappa shape index (κ3) is 4.55. The third-order valence-corrected chi connectivity index (χ3v) is 8.19. The number of rotatable bonds is 7. The molecule has 6 nitrogen and oxygen atoms in total. The Bertz CT molecular complexity index is 1090. The summed E-state index contributed by atoms with van der Waals surface area (Å²) in [6.45, 7) is -0.0500. The second-order valence-corrected chi connectivity index (χ2v) is 10.2. The zero-order chi connectivity index (χ0) is 21.9. The van der Waals surface area contributed by atoms with Gasteiger partial charge in [-0.1, -0.05) is 43.0 Å². The van der Waals surface area contributed by atoms with Gasteiger partial charge in [0.25, 0.3) is 0 Å². The molecule has 2 aromatic carbocycles. The quantitative estimate of drug-likeness (QED) is 0.543. The standard InChI is InChI=1S/C23H25ClN2O4S/c24-20-8-10-21(11-9-20)31(28,29)26(23(17-27)12-2-1-3-13-23)16-18-4-6-19(7-5-18)22-25-14-15-30-22/h4-11,14-15,27H,1-3,12-13,16-17H2.